The number of hydrogen-bond acceptors (Lipinski definition) is 6. The fourth-order valence-electron chi connectivity index (χ4n) is 3.27. The van der Waals surface area contributed by atoms with Crippen molar-refractivity contribution in [3.05, 3.63) is 59.2 Å². The molecule has 0 aliphatic carbocycles. The number of aromatic nitrogens is 1. The minimum atomic E-state index is -5.08. The van der Waals surface area contributed by atoms with Crippen LogP contribution in [-0.2, 0) is 22.6 Å². The molecular weight excluding hydrogens is 473 g/mol. The summed E-state index contributed by atoms with van der Waals surface area (Å²) in [6.45, 7) is 0.174. The largest absolute Gasteiger partial charge is 0.490 e. The number of carboxylic acid groups (broad SMARTS) is 1. The van der Waals surface area contributed by atoms with Crippen LogP contribution < -0.4 is 10.2 Å². The average Bonchev–Trinajstić information content (AvgIpc) is 3.30. The molecule has 3 amide bonds. The molecule has 1 atom stereocenters. The molecule has 1 aliphatic rings. The summed E-state index contributed by atoms with van der Waals surface area (Å²) < 4.78 is 32.9. The first kappa shape index (κ1) is 25.0. The van der Waals surface area contributed by atoms with E-state index in [1.165, 1.54) is 9.60 Å². The van der Waals surface area contributed by atoms with Gasteiger partial charge < -0.3 is 15.3 Å². The number of alkyl halides is 3. The van der Waals surface area contributed by atoms with Crippen LogP contribution in [0.25, 0.3) is 10.1 Å². The standard InChI is InChI=1S/C20H20N4O2S.C2HF3O2/c1-23(2)15-7-8-21-14(10-15)11-24-19(25)17(22-20(24)26)9-13-12-27-18-6-4-3-5-16(13)18;3-2(4,5)1(6)7/h3-8,10,12,17H,9,11H2,1-2H3,(H,22,26);(H,6,7). The molecule has 1 unspecified atom stereocenters. The molecule has 180 valence electrons. The SMILES string of the molecule is CN(C)c1ccnc(CN2C(=O)NC(Cc3csc4ccccc34)C2=O)c1.O=C(O)C(F)(F)F. The Labute approximate surface area is 196 Å². The normalized spacial score (nSPS) is 15.7. The molecule has 34 heavy (non-hydrogen) atoms. The predicted molar refractivity (Wildman–Crippen MR) is 121 cm³/mol. The second kappa shape index (κ2) is 10.1. The van der Waals surface area contributed by atoms with Crippen molar-refractivity contribution in [1.82, 2.24) is 15.2 Å². The van der Waals surface area contributed by atoms with Crippen LogP contribution in [0.1, 0.15) is 11.3 Å². The molecule has 12 heteroatoms. The maximum Gasteiger partial charge on any atom is 0.490 e. The van der Waals surface area contributed by atoms with Gasteiger partial charge in [-0.15, -0.1) is 11.3 Å². The Balaban J connectivity index is 0.000000406. The summed E-state index contributed by atoms with van der Waals surface area (Å²) in [4.78, 5) is 41.6. The van der Waals surface area contributed by atoms with Crippen molar-refractivity contribution in [1.29, 1.82) is 0 Å². The van der Waals surface area contributed by atoms with Crippen LogP contribution in [0.3, 0.4) is 0 Å². The van der Waals surface area contributed by atoms with Gasteiger partial charge in [0.25, 0.3) is 5.91 Å². The molecule has 1 aromatic carbocycles. The van der Waals surface area contributed by atoms with E-state index >= 15 is 0 Å². The number of hydrogen-bond donors (Lipinski definition) is 2. The zero-order valence-corrected chi connectivity index (χ0v) is 19.0. The number of halogens is 3. The number of imide groups is 1. The van der Waals surface area contributed by atoms with Crippen molar-refractivity contribution in [3.8, 4) is 0 Å². The van der Waals surface area contributed by atoms with Gasteiger partial charge in [0.2, 0.25) is 0 Å². The number of rotatable bonds is 5. The Hall–Kier alpha value is -3.67. The highest BCUT2D eigenvalue weighted by Crippen LogP contribution is 2.27. The van der Waals surface area contributed by atoms with E-state index in [1.807, 2.05) is 43.3 Å². The Bertz CT molecular complexity index is 1210. The minimum absolute atomic E-state index is 0.174. The number of thiophene rings is 1. The first-order valence-electron chi connectivity index (χ1n) is 9.96. The molecule has 0 spiro atoms. The number of anilines is 1. The van der Waals surface area contributed by atoms with E-state index in [0.29, 0.717) is 12.1 Å². The molecule has 3 heterocycles. The summed E-state index contributed by atoms with van der Waals surface area (Å²) in [5.41, 5.74) is 2.75. The monoisotopic (exact) mass is 494 g/mol. The van der Waals surface area contributed by atoms with Crippen molar-refractivity contribution < 1.29 is 32.7 Å². The number of benzene rings is 1. The van der Waals surface area contributed by atoms with Crippen LogP contribution in [0.4, 0.5) is 23.7 Å². The summed E-state index contributed by atoms with van der Waals surface area (Å²) in [5, 5.41) is 13.1. The Kier molecular flexibility index (Phi) is 7.40. The van der Waals surface area contributed by atoms with E-state index in [1.54, 1.807) is 17.5 Å². The number of carbonyl (C=O) groups is 3. The van der Waals surface area contributed by atoms with Crippen molar-refractivity contribution in [3.63, 3.8) is 0 Å². The Morgan fingerprint density at radius 2 is 1.91 bits per heavy atom. The van der Waals surface area contributed by atoms with Gasteiger partial charge >= 0.3 is 18.2 Å². The molecule has 3 aromatic rings. The summed E-state index contributed by atoms with van der Waals surface area (Å²) in [6, 6.07) is 11.0. The lowest BCUT2D eigenvalue weighted by Gasteiger charge is -2.16. The van der Waals surface area contributed by atoms with Crippen LogP contribution >= 0.6 is 11.3 Å². The smallest absolute Gasteiger partial charge is 0.475 e. The molecule has 2 N–H and O–H groups in total. The topological polar surface area (TPSA) is 103 Å². The van der Waals surface area contributed by atoms with Gasteiger partial charge in [0.05, 0.1) is 12.2 Å². The van der Waals surface area contributed by atoms with Gasteiger partial charge in [-0.2, -0.15) is 13.2 Å². The van der Waals surface area contributed by atoms with E-state index in [4.69, 9.17) is 9.90 Å². The van der Waals surface area contributed by atoms with E-state index in [0.717, 1.165) is 16.6 Å². The van der Waals surface area contributed by atoms with E-state index in [2.05, 4.69) is 27.8 Å². The summed E-state index contributed by atoms with van der Waals surface area (Å²) in [7, 11) is 3.88. The summed E-state index contributed by atoms with van der Waals surface area (Å²) >= 11 is 1.65. The van der Waals surface area contributed by atoms with Gasteiger partial charge in [0.15, 0.2) is 0 Å². The molecule has 0 radical (unpaired) electrons. The summed E-state index contributed by atoms with van der Waals surface area (Å²) in [5.74, 6) is -2.96. The van der Waals surface area contributed by atoms with Crippen molar-refractivity contribution in [2.75, 3.05) is 19.0 Å². The molecule has 1 aliphatic heterocycles. The van der Waals surface area contributed by atoms with Gasteiger partial charge in [-0.3, -0.25) is 14.7 Å². The van der Waals surface area contributed by atoms with Crippen LogP contribution in [-0.4, -0.2) is 59.2 Å². The molecule has 1 fully saturated rings. The Morgan fingerprint density at radius 1 is 1.24 bits per heavy atom. The lowest BCUT2D eigenvalue weighted by atomic mass is 10.1. The van der Waals surface area contributed by atoms with Gasteiger partial charge in [0, 0.05) is 37.1 Å². The van der Waals surface area contributed by atoms with Crippen molar-refractivity contribution in [2.45, 2.75) is 25.2 Å². The highest BCUT2D eigenvalue weighted by molar-refractivity contribution is 7.17. The molecule has 1 saturated heterocycles. The number of nitrogens with zero attached hydrogens (tertiary/aromatic N) is 3. The number of fused-ring (bicyclic) bond motifs is 1. The van der Waals surface area contributed by atoms with Crippen LogP contribution in [0.5, 0.6) is 0 Å². The summed E-state index contributed by atoms with van der Waals surface area (Å²) in [6.07, 6.45) is -2.89. The number of pyridine rings is 1. The number of amides is 3. The molecular formula is C22H21F3N4O4S. The highest BCUT2D eigenvalue weighted by Gasteiger charge is 2.39. The number of urea groups is 1. The average molecular weight is 494 g/mol. The number of nitrogens with one attached hydrogen (secondary N) is 1. The van der Waals surface area contributed by atoms with Crippen LogP contribution in [0.15, 0.2) is 48.0 Å². The predicted octanol–water partition coefficient (Wildman–Crippen LogP) is 3.66. The van der Waals surface area contributed by atoms with Gasteiger partial charge in [0.1, 0.15) is 6.04 Å². The third kappa shape index (κ3) is 5.81. The van der Waals surface area contributed by atoms with Crippen molar-refractivity contribution in [2.24, 2.45) is 0 Å². The van der Waals surface area contributed by atoms with Gasteiger partial charge in [-0.25, -0.2) is 9.59 Å². The molecule has 2 aromatic heterocycles. The second-order valence-corrected chi connectivity index (χ2v) is 8.50. The van der Waals surface area contributed by atoms with E-state index in [9.17, 15) is 22.8 Å². The lowest BCUT2D eigenvalue weighted by Crippen LogP contribution is -2.32. The maximum absolute atomic E-state index is 12.8. The first-order chi connectivity index (χ1) is 16.0. The highest BCUT2D eigenvalue weighted by atomic mass is 32.1. The number of carboxylic acids is 1. The molecule has 0 saturated carbocycles. The third-order valence-electron chi connectivity index (χ3n) is 4.97. The molecule has 8 nitrogen and oxygen atoms in total. The third-order valence-corrected chi connectivity index (χ3v) is 5.98. The second-order valence-electron chi connectivity index (χ2n) is 7.59. The van der Waals surface area contributed by atoms with Crippen LogP contribution in [0, 0.1) is 0 Å². The quantitative estimate of drug-likeness (QED) is 0.525. The van der Waals surface area contributed by atoms with Gasteiger partial charge in [-0.1, -0.05) is 18.2 Å². The molecule has 0 bridgehead atoms. The van der Waals surface area contributed by atoms with E-state index < -0.39 is 18.2 Å². The van der Waals surface area contributed by atoms with Crippen LogP contribution in [0.2, 0.25) is 0 Å². The zero-order chi connectivity index (χ0) is 25.0. The van der Waals surface area contributed by atoms with E-state index in [-0.39, 0.29) is 18.5 Å². The number of aliphatic carboxylic acids is 1. The number of carbonyl (C=O) groups excluding carboxylic acids is 2. The zero-order valence-electron chi connectivity index (χ0n) is 18.2. The molecule has 4 rings (SSSR count). The lowest BCUT2D eigenvalue weighted by molar-refractivity contribution is -0.192. The van der Waals surface area contributed by atoms with Gasteiger partial charge in [-0.05, 0) is 34.5 Å². The van der Waals surface area contributed by atoms with Crippen molar-refractivity contribution >= 4 is 45.0 Å². The Morgan fingerprint density at radius 3 is 2.56 bits per heavy atom. The fraction of sp³-hybridized carbons (Fsp3) is 0.273. The maximum atomic E-state index is 12.8. The minimum Gasteiger partial charge on any atom is -0.475 e. The fourth-order valence-corrected chi connectivity index (χ4v) is 4.24. The first-order valence-corrected chi connectivity index (χ1v) is 10.8.